The summed E-state index contributed by atoms with van der Waals surface area (Å²) in [6.07, 6.45) is 3.72. The number of nitrogens with one attached hydrogen (secondary N) is 1. The lowest BCUT2D eigenvalue weighted by Gasteiger charge is -2.38. The summed E-state index contributed by atoms with van der Waals surface area (Å²) in [5.41, 5.74) is 6.31. The van der Waals surface area contributed by atoms with Crippen molar-refractivity contribution in [2.45, 2.75) is 37.3 Å². The van der Waals surface area contributed by atoms with Gasteiger partial charge in [-0.15, -0.1) is 0 Å². The Balaban J connectivity index is 1.91. The van der Waals surface area contributed by atoms with E-state index in [2.05, 4.69) is 5.32 Å². The highest BCUT2D eigenvalue weighted by Gasteiger charge is 2.39. The topological polar surface area (TPSA) is 64.3 Å². The van der Waals surface area contributed by atoms with Crippen LogP contribution in [0, 0.1) is 0 Å². The molecule has 1 heterocycles. The van der Waals surface area contributed by atoms with Crippen molar-refractivity contribution in [3.05, 3.63) is 29.8 Å². The van der Waals surface area contributed by atoms with Gasteiger partial charge in [-0.1, -0.05) is 12.1 Å². The van der Waals surface area contributed by atoms with Crippen LogP contribution in [0.5, 0.6) is 5.75 Å². The molecular weight excluding hydrogens is 228 g/mol. The minimum Gasteiger partial charge on any atom is -0.485 e. The summed E-state index contributed by atoms with van der Waals surface area (Å²) in [6, 6.07) is 7.71. The molecule has 1 fully saturated rings. The summed E-state index contributed by atoms with van der Waals surface area (Å²) >= 11 is 0. The van der Waals surface area contributed by atoms with Gasteiger partial charge in [0, 0.05) is 6.04 Å². The van der Waals surface area contributed by atoms with Gasteiger partial charge in [0.05, 0.1) is 12.1 Å². The van der Waals surface area contributed by atoms with Gasteiger partial charge in [-0.05, 0) is 37.8 Å². The van der Waals surface area contributed by atoms with Gasteiger partial charge >= 0.3 is 0 Å². The number of para-hydroxylation sites is 1. The number of rotatable bonds is 0. The monoisotopic (exact) mass is 246 g/mol. The van der Waals surface area contributed by atoms with Crippen LogP contribution < -0.4 is 15.8 Å². The van der Waals surface area contributed by atoms with Gasteiger partial charge in [-0.2, -0.15) is 0 Å². The first-order valence-corrected chi connectivity index (χ1v) is 6.50. The van der Waals surface area contributed by atoms with E-state index in [-0.39, 0.29) is 17.6 Å². The Hall–Kier alpha value is -1.55. The van der Waals surface area contributed by atoms with Crippen LogP contribution in [-0.4, -0.2) is 24.1 Å². The van der Waals surface area contributed by atoms with Crippen molar-refractivity contribution in [1.29, 1.82) is 0 Å². The molecule has 1 aromatic rings. The summed E-state index contributed by atoms with van der Waals surface area (Å²) in [6.45, 7) is 0.577. The third-order valence-electron chi connectivity index (χ3n) is 3.97. The largest absolute Gasteiger partial charge is 0.485 e. The van der Waals surface area contributed by atoms with Crippen molar-refractivity contribution in [3.8, 4) is 5.75 Å². The van der Waals surface area contributed by atoms with E-state index < -0.39 is 0 Å². The second-order valence-corrected chi connectivity index (χ2v) is 5.30. The van der Waals surface area contributed by atoms with Gasteiger partial charge in [0.15, 0.2) is 0 Å². The van der Waals surface area contributed by atoms with Crippen molar-refractivity contribution in [2.24, 2.45) is 5.73 Å². The van der Waals surface area contributed by atoms with E-state index in [0.717, 1.165) is 25.7 Å². The molecule has 4 nitrogen and oxygen atoms in total. The average Bonchev–Trinajstić information content (AvgIpc) is 2.53. The maximum absolute atomic E-state index is 12.0. The highest BCUT2D eigenvalue weighted by atomic mass is 16.5. The Kier molecular flexibility index (Phi) is 2.74. The first-order valence-electron chi connectivity index (χ1n) is 6.50. The fraction of sp³-hybridized carbons (Fsp3) is 0.500. The van der Waals surface area contributed by atoms with Gasteiger partial charge in [0.25, 0.3) is 5.91 Å². The summed E-state index contributed by atoms with van der Waals surface area (Å²) in [5, 5.41) is 2.97. The molecule has 1 amide bonds. The van der Waals surface area contributed by atoms with E-state index in [1.165, 1.54) is 0 Å². The van der Waals surface area contributed by atoms with Crippen molar-refractivity contribution in [2.75, 3.05) is 6.54 Å². The molecule has 1 aliphatic heterocycles. The van der Waals surface area contributed by atoms with Crippen molar-refractivity contribution >= 4 is 5.91 Å². The second kappa shape index (κ2) is 4.28. The lowest BCUT2D eigenvalue weighted by Crippen LogP contribution is -2.49. The van der Waals surface area contributed by atoms with E-state index in [4.69, 9.17) is 10.5 Å². The second-order valence-electron chi connectivity index (χ2n) is 5.30. The third-order valence-corrected chi connectivity index (χ3v) is 3.97. The summed E-state index contributed by atoms with van der Waals surface area (Å²) in [4.78, 5) is 12.0. The van der Waals surface area contributed by atoms with Gasteiger partial charge in [0.2, 0.25) is 0 Å². The molecule has 3 rings (SSSR count). The zero-order valence-electron chi connectivity index (χ0n) is 10.3. The first kappa shape index (κ1) is 11.5. The molecule has 3 N–H and O–H groups in total. The molecule has 2 aliphatic rings. The summed E-state index contributed by atoms with van der Waals surface area (Å²) in [5.74, 6) is 0.653. The third kappa shape index (κ3) is 1.97. The Morgan fingerprint density at radius 1 is 1.28 bits per heavy atom. The molecule has 0 radical (unpaired) electrons. The van der Waals surface area contributed by atoms with E-state index in [9.17, 15) is 4.79 Å². The molecule has 18 heavy (non-hydrogen) atoms. The number of ether oxygens (including phenoxy) is 1. The van der Waals surface area contributed by atoms with Crippen LogP contribution in [0.2, 0.25) is 0 Å². The van der Waals surface area contributed by atoms with E-state index in [0.29, 0.717) is 17.9 Å². The van der Waals surface area contributed by atoms with Crippen LogP contribution in [-0.2, 0) is 0 Å². The minimum atomic E-state index is -0.266. The zero-order chi connectivity index (χ0) is 12.6. The van der Waals surface area contributed by atoms with Crippen LogP contribution in [0.4, 0.5) is 0 Å². The molecule has 0 atom stereocenters. The number of nitrogens with two attached hydrogens (primary N) is 1. The maximum Gasteiger partial charge on any atom is 0.255 e. The fourth-order valence-electron chi connectivity index (χ4n) is 2.79. The maximum atomic E-state index is 12.0. The Bertz CT molecular complexity index is 465. The molecular formula is C14H18N2O2. The Labute approximate surface area is 107 Å². The Morgan fingerprint density at radius 2 is 2.00 bits per heavy atom. The standard InChI is InChI=1S/C14H18N2O2/c15-10-5-7-14(8-6-10)9-16-13(17)11-3-1-2-4-12(11)18-14/h1-4,10H,5-9,15H2,(H,16,17). The van der Waals surface area contributed by atoms with Gasteiger partial charge < -0.3 is 15.8 Å². The normalized spacial score (nSPS) is 31.2. The quantitative estimate of drug-likeness (QED) is 0.728. The highest BCUT2D eigenvalue weighted by molar-refractivity contribution is 5.97. The zero-order valence-corrected chi connectivity index (χ0v) is 10.3. The van der Waals surface area contributed by atoms with Crippen LogP contribution in [0.3, 0.4) is 0 Å². The van der Waals surface area contributed by atoms with Crippen LogP contribution in [0.25, 0.3) is 0 Å². The molecule has 1 aromatic carbocycles. The lowest BCUT2D eigenvalue weighted by molar-refractivity contribution is 0.0303. The van der Waals surface area contributed by atoms with E-state index in [1.54, 1.807) is 6.07 Å². The molecule has 0 unspecified atom stereocenters. The minimum absolute atomic E-state index is 0.0441. The number of amides is 1. The molecule has 1 saturated carbocycles. The molecule has 0 aromatic heterocycles. The number of carbonyl (C=O) groups is 1. The number of hydrogen-bond acceptors (Lipinski definition) is 3. The van der Waals surface area contributed by atoms with Gasteiger partial charge in [-0.3, -0.25) is 4.79 Å². The molecule has 1 aliphatic carbocycles. The van der Waals surface area contributed by atoms with Crippen molar-refractivity contribution in [1.82, 2.24) is 5.32 Å². The van der Waals surface area contributed by atoms with Gasteiger partial charge in [-0.25, -0.2) is 0 Å². The molecule has 96 valence electrons. The van der Waals surface area contributed by atoms with E-state index >= 15 is 0 Å². The highest BCUT2D eigenvalue weighted by Crippen LogP contribution is 2.35. The molecule has 4 heteroatoms. The van der Waals surface area contributed by atoms with Crippen molar-refractivity contribution in [3.63, 3.8) is 0 Å². The molecule has 1 spiro atoms. The summed E-state index contributed by atoms with van der Waals surface area (Å²) in [7, 11) is 0. The first-order chi connectivity index (χ1) is 8.69. The van der Waals surface area contributed by atoms with Crippen molar-refractivity contribution < 1.29 is 9.53 Å². The van der Waals surface area contributed by atoms with Crippen LogP contribution in [0.15, 0.2) is 24.3 Å². The van der Waals surface area contributed by atoms with E-state index in [1.807, 2.05) is 18.2 Å². The molecule has 0 bridgehead atoms. The van der Waals surface area contributed by atoms with Crippen LogP contribution >= 0.6 is 0 Å². The summed E-state index contributed by atoms with van der Waals surface area (Å²) < 4.78 is 6.17. The smallest absolute Gasteiger partial charge is 0.255 e. The number of benzene rings is 1. The number of hydrogen-bond donors (Lipinski definition) is 2. The molecule has 0 saturated heterocycles. The average molecular weight is 246 g/mol. The lowest BCUT2D eigenvalue weighted by atomic mass is 9.82. The predicted molar refractivity (Wildman–Crippen MR) is 68.6 cm³/mol. The predicted octanol–water partition coefficient (Wildman–Crippen LogP) is 1.45. The van der Waals surface area contributed by atoms with Crippen LogP contribution in [0.1, 0.15) is 36.0 Å². The Morgan fingerprint density at radius 3 is 2.78 bits per heavy atom. The fourth-order valence-corrected chi connectivity index (χ4v) is 2.79. The SMILES string of the molecule is NC1CCC2(CC1)CNC(=O)c1ccccc1O2. The van der Waals surface area contributed by atoms with Gasteiger partial charge in [0.1, 0.15) is 11.4 Å². The number of carbonyl (C=O) groups excluding carboxylic acids is 1. The number of fused-ring (bicyclic) bond motifs is 1.